The van der Waals surface area contributed by atoms with Crippen LogP contribution >= 0.6 is 23.2 Å². The van der Waals surface area contributed by atoms with Gasteiger partial charge in [-0.25, -0.2) is 4.98 Å². The number of nitrogens with zero attached hydrogens (tertiary/aromatic N) is 2. The Hall–Kier alpha value is -3.22. The summed E-state index contributed by atoms with van der Waals surface area (Å²) in [5, 5.41) is 3.93. The molecule has 4 rings (SSSR count). The lowest BCUT2D eigenvalue weighted by atomic mass is 10.1. The SMILES string of the molecule is COc1cccc(CNC(=O)c2ccc3c(c2)nc(-c2ccc(Cl)c(Cl)c2)n3CC(C)C)c1OC. The third kappa shape index (κ3) is 5.24. The summed E-state index contributed by atoms with van der Waals surface area (Å²) in [7, 11) is 3.16. The number of hydrogen-bond donors (Lipinski definition) is 1. The average Bonchev–Trinajstić information content (AvgIpc) is 3.20. The van der Waals surface area contributed by atoms with Gasteiger partial charge in [0.1, 0.15) is 5.82 Å². The number of rotatable bonds is 8. The number of nitrogens with one attached hydrogen (secondary N) is 1. The number of amides is 1. The quantitative estimate of drug-likeness (QED) is 0.289. The molecule has 0 unspecified atom stereocenters. The average molecular weight is 512 g/mol. The lowest BCUT2D eigenvalue weighted by Crippen LogP contribution is -2.23. The molecule has 0 saturated carbocycles. The Balaban J connectivity index is 1.65. The summed E-state index contributed by atoms with van der Waals surface area (Å²) in [4.78, 5) is 17.9. The van der Waals surface area contributed by atoms with E-state index in [4.69, 9.17) is 37.7 Å². The van der Waals surface area contributed by atoms with Crippen LogP contribution in [0.1, 0.15) is 29.8 Å². The predicted octanol–water partition coefficient (Wildman–Crippen LogP) is 6.61. The molecular formula is C27H27Cl2N3O3. The molecule has 1 heterocycles. The Bertz CT molecular complexity index is 1380. The first-order chi connectivity index (χ1) is 16.8. The van der Waals surface area contributed by atoms with E-state index in [1.165, 1.54) is 0 Å². The van der Waals surface area contributed by atoms with Crippen LogP contribution in [0, 0.1) is 5.92 Å². The summed E-state index contributed by atoms with van der Waals surface area (Å²) >= 11 is 12.4. The van der Waals surface area contributed by atoms with Crippen molar-refractivity contribution in [2.24, 2.45) is 5.92 Å². The van der Waals surface area contributed by atoms with Gasteiger partial charge in [-0.05, 0) is 48.4 Å². The zero-order valence-corrected chi connectivity index (χ0v) is 21.6. The molecule has 0 fully saturated rings. The maximum absolute atomic E-state index is 13.0. The van der Waals surface area contributed by atoms with E-state index in [0.717, 1.165) is 34.5 Å². The van der Waals surface area contributed by atoms with Gasteiger partial charge in [-0.2, -0.15) is 0 Å². The second-order valence-corrected chi connectivity index (χ2v) is 9.42. The maximum Gasteiger partial charge on any atom is 0.251 e. The minimum atomic E-state index is -0.203. The third-order valence-electron chi connectivity index (χ3n) is 5.66. The van der Waals surface area contributed by atoms with Crippen LogP contribution in [0.3, 0.4) is 0 Å². The summed E-state index contributed by atoms with van der Waals surface area (Å²) in [6, 6.07) is 16.6. The predicted molar refractivity (Wildman–Crippen MR) is 141 cm³/mol. The summed E-state index contributed by atoms with van der Waals surface area (Å²) in [6.45, 7) is 5.37. The van der Waals surface area contributed by atoms with Crippen molar-refractivity contribution >= 4 is 40.1 Å². The van der Waals surface area contributed by atoms with Crippen molar-refractivity contribution in [1.82, 2.24) is 14.9 Å². The number of fused-ring (bicyclic) bond motifs is 1. The second kappa shape index (κ2) is 10.6. The highest BCUT2D eigenvalue weighted by molar-refractivity contribution is 6.42. The first-order valence-corrected chi connectivity index (χ1v) is 12.0. The van der Waals surface area contributed by atoms with Crippen LogP contribution in [0.25, 0.3) is 22.4 Å². The number of imidazole rings is 1. The van der Waals surface area contributed by atoms with Gasteiger partial charge in [0.15, 0.2) is 11.5 Å². The highest BCUT2D eigenvalue weighted by Gasteiger charge is 2.17. The van der Waals surface area contributed by atoms with E-state index in [1.54, 1.807) is 20.3 Å². The summed E-state index contributed by atoms with van der Waals surface area (Å²) in [6.07, 6.45) is 0. The second-order valence-electron chi connectivity index (χ2n) is 8.61. The lowest BCUT2D eigenvalue weighted by molar-refractivity contribution is 0.0950. The van der Waals surface area contributed by atoms with Gasteiger partial charge in [-0.3, -0.25) is 4.79 Å². The van der Waals surface area contributed by atoms with Crippen LogP contribution in [0.15, 0.2) is 54.6 Å². The number of carbonyl (C=O) groups is 1. The van der Waals surface area contributed by atoms with E-state index in [9.17, 15) is 4.79 Å². The zero-order valence-electron chi connectivity index (χ0n) is 20.1. The highest BCUT2D eigenvalue weighted by atomic mass is 35.5. The van der Waals surface area contributed by atoms with Crippen molar-refractivity contribution < 1.29 is 14.3 Å². The highest BCUT2D eigenvalue weighted by Crippen LogP contribution is 2.32. The van der Waals surface area contributed by atoms with Gasteiger partial charge in [0.25, 0.3) is 5.91 Å². The molecule has 1 amide bonds. The van der Waals surface area contributed by atoms with Gasteiger partial charge in [-0.15, -0.1) is 0 Å². The van der Waals surface area contributed by atoms with Crippen LogP contribution in [-0.4, -0.2) is 29.7 Å². The van der Waals surface area contributed by atoms with Crippen molar-refractivity contribution in [3.05, 3.63) is 75.8 Å². The normalized spacial score (nSPS) is 11.2. The number of benzene rings is 3. The molecule has 0 aliphatic rings. The van der Waals surface area contributed by atoms with Gasteiger partial charge in [0.2, 0.25) is 0 Å². The standard InChI is InChI=1S/C27H27Cl2N3O3/c1-16(2)15-32-23-11-9-18(13-22(23)31-26(32)17-8-10-20(28)21(29)12-17)27(33)30-14-19-6-5-7-24(34-3)25(19)35-4/h5-13,16H,14-15H2,1-4H3,(H,30,33). The van der Waals surface area contributed by atoms with Crippen LogP contribution in [0.5, 0.6) is 11.5 Å². The molecule has 6 nitrogen and oxygen atoms in total. The Kier molecular flexibility index (Phi) is 7.53. The molecule has 0 atom stereocenters. The molecule has 1 N–H and O–H groups in total. The molecule has 4 aromatic rings. The van der Waals surface area contributed by atoms with Crippen LogP contribution in [-0.2, 0) is 13.1 Å². The smallest absolute Gasteiger partial charge is 0.251 e. The minimum absolute atomic E-state index is 0.203. The van der Waals surface area contributed by atoms with E-state index in [1.807, 2.05) is 48.5 Å². The van der Waals surface area contributed by atoms with Crippen LogP contribution in [0.4, 0.5) is 0 Å². The zero-order chi connectivity index (χ0) is 25.1. The fourth-order valence-corrected chi connectivity index (χ4v) is 4.35. The van der Waals surface area contributed by atoms with Crippen LogP contribution < -0.4 is 14.8 Å². The summed E-state index contributed by atoms with van der Waals surface area (Å²) in [5.41, 5.74) is 3.90. The number of carbonyl (C=O) groups excluding carboxylic acids is 1. The number of methoxy groups -OCH3 is 2. The van der Waals surface area contributed by atoms with Crippen molar-refractivity contribution in [2.45, 2.75) is 26.9 Å². The van der Waals surface area contributed by atoms with Crippen LogP contribution in [0.2, 0.25) is 10.0 Å². The number of ether oxygens (including phenoxy) is 2. The molecule has 0 spiro atoms. The number of para-hydroxylation sites is 1. The molecule has 0 radical (unpaired) electrons. The lowest BCUT2D eigenvalue weighted by Gasteiger charge is -2.13. The first kappa shape index (κ1) is 24.9. The molecule has 0 saturated heterocycles. The largest absolute Gasteiger partial charge is 0.493 e. The molecule has 0 aliphatic carbocycles. The molecule has 0 bridgehead atoms. The van der Waals surface area contributed by atoms with Crippen molar-refractivity contribution in [3.63, 3.8) is 0 Å². The maximum atomic E-state index is 13.0. The summed E-state index contributed by atoms with van der Waals surface area (Å²) < 4.78 is 13.0. The molecule has 35 heavy (non-hydrogen) atoms. The van der Waals surface area contributed by atoms with Gasteiger partial charge >= 0.3 is 0 Å². The number of halogens is 2. The molecule has 3 aromatic carbocycles. The van der Waals surface area contributed by atoms with E-state index >= 15 is 0 Å². The Morgan fingerprint density at radius 3 is 2.51 bits per heavy atom. The molecule has 0 aliphatic heterocycles. The molecule has 8 heteroatoms. The first-order valence-electron chi connectivity index (χ1n) is 11.3. The molecule has 1 aromatic heterocycles. The van der Waals surface area contributed by atoms with E-state index in [-0.39, 0.29) is 5.91 Å². The van der Waals surface area contributed by atoms with Gasteiger partial charge < -0.3 is 19.4 Å². The van der Waals surface area contributed by atoms with Crippen molar-refractivity contribution in [2.75, 3.05) is 14.2 Å². The molecular weight excluding hydrogens is 485 g/mol. The monoisotopic (exact) mass is 511 g/mol. The van der Waals surface area contributed by atoms with E-state index in [2.05, 4.69) is 23.7 Å². The third-order valence-corrected chi connectivity index (χ3v) is 6.40. The van der Waals surface area contributed by atoms with Gasteiger partial charge in [0, 0.05) is 29.8 Å². The molecule has 182 valence electrons. The Morgan fingerprint density at radius 1 is 1.03 bits per heavy atom. The Labute approximate surface area is 214 Å². The topological polar surface area (TPSA) is 65.4 Å². The van der Waals surface area contributed by atoms with Gasteiger partial charge in [-0.1, -0.05) is 49.2 Å². The van der Waals surface area contributed by atoms with E-state index in [0.29, 0.717) is 39.6 Å². The van der Waals surface area contributed by atoms with Crippen molar-refractivity contribution in [3.8, 4) is 22.9 Å². The minimum Gasteiger partial charge on any atom is -0.493 e. The van der Waals surface area contributed by atoms with Crippen molar-refractivity contribution in [1.29, 1.82) is 0 Å². The fraction of sp³-hybridized carbons (Fsp3) is 0.259. The summed E-state index contributed by atoms with van der Waals surface area (Å²) in [5.74, 6) is 2.20. The number of hydrogen-bond acceptors (Lipinski definition) is 4. The van der Waals surface area contributed by atoms with Gasteiger partial charge in [0.05, 0.1) is 35.3 Å². The number of aromatic nitrogens is 2. The fourth-order valence-electron chi connectivity index (χ4n) is 4.05. The Morgan fingerprint density at radius 2 is 1.83 bits per heavy atom. The van der Waals surface area contributed by atoms with E-state index < -0.39 is 0 Å².